The Hall–Kier alpha value is -2.16. The number of nitrogens with one attached hydrogen (secondary N) is 2. The van der Waals surface area contributed by atoms with E-state index in [0.717, 1.165) is 0 Å². The van der Waals surface area contributed by atoms with Crippen LogP contribution in [0.25, 0.3) is 10.9 Å². The fraction of sp³-hybridized carbons (Fsp3) is 0.429. The second-order valence-electron chi connectivity index (χ2n) is 5.42. The van der Waals surface area contributed by atoms with Crippen LogP contribution < -0.4 is 10.6 Å². The van der Waals surface area contributed by atoms with Crippen molar-refractivity contribution in [2.75, 3.05) is 19.6 Å². The number of hydrogen-bond donors (Lipinski definition) is 2. The molecule has 2 heterocycles. The molecule has 0 spiro atoms. The minimum atomic E-state index is -4.48. The summed E-state index contributed by atoms with van der Waals surface area (Å²) in [5.41, 5.74) is 0.925. The van der Waals surface area contributed by atoms with Crippen LogP contribution in [0.2, 0.25) is 0 Å². The Morgan fingerprint density at radius 3 is 2.74 bits per heavy atom. The van der Waals surface area contributed by atoms with Gasteiger partial charge in [-0.2, -0.15) is 18.3 Å². The first kappa shape index (κ1) is 15.7. The molecule has 1 aromatic heterocycles. The highest BCUT2D eigenvalue weighted by atomic mass is 19.4. The van der Waals surface area contributed by atoms with Gasteiger partial charge < -0.3 is 10.6 Å². The standard InChI is InChI=1S/C14H14F4N4O/c15-9-2-1-3-10-12(9)13(8-4-19-5-8)21-22(10)6-11(23)20-7-14(16,17)18/h1-3,8,19H,4-7H2,(H,20,23). The van der Waals surface area contributed by atoms with Gasteiger partial charge in [0, 0.05) is 19.0 Å². The summed E-state index contributed by atoms with van der Waals surface area (Å²) in [4.78, 5) is 11.7. The number of benzene rings is 1. The molecule has 9 heteroatoms. The fourth-order valence-corrected chi connectivity index (χ4v) is 2.49. The van der Waals surface area contributed by atoms with Crippen molar-refractivity contribution in [3.05, 3.63) is 29.7 Å². The molecule has 2 N–H and O–H groups in total. The lowest BCUT2D eigenvalue weighted by Gasteiger charge is -2.25. The zero-order valence-electron chi connectivity index (χ0n) is 12.0. The van der Waals surface area contributed by atoms with Crippen LogP contribution in [0.4, 0.5) is 17.6 Å². The third-order valence-electron chi connectivity index (χ3n) is 3.70. The van der Waals surface area contributed by atoms with E-state index in [9.17, 15) is 22.4 Å². The number of halogens is 4. The van der Waals surface area contributed by atoms with Gasteiger partial charge in [-0.15, -0.1) is 0 Å². The maximum atomic E-state index is 14.1. The first-order chi connectivity index (χ1) is 10.8. The van der Waals surface area contributed by atoms with Crippen LogP contribution in [-0.4, -0.2) is 41.5 Å². The van der Waals surface area contributed by atoms with Gasteiger partial charge >= 0.3 is 6.18 Å². The number of aromatic nitrogens is 2. The van der Waals surface area contributed by atoms with Crippen molar-refractivity contribution < 1.29 is 22.4 Å². The fourth-order valence-electron chi connectivity index (χ4n) is 2.49. The molecule has 5 nitrogen and oxygen atoms in total. The van der Waals surface area contributed by atoms with Crippen molar-refractivity contribution in [2.24, 2.45) is 0 Å². The van der Waals surface area contributed by atoms with Gasteiger partial charge in [0.2, 0.25) is 5.91 Å². The lowest BCUT2D eigenvalue weighted by atomic mass is 9.96. The summed E-state index contributed by atoms with van der Waals surface area (Å²) in [7, 11) is 0. The molecule has 1 saturated heterocycles. The second kappa shape index (κ2) is 5.80. The maximum Gasteiger partial charge on any atom is 0.405 e. The molecular weight excluding hydrogens is 316 g/mol. The summed E-state index contributed by atoms with van der Waals surface area (Å²) in [6, 6.07) is 4.37. The Morgan fingerprint density at radius 2 is 2.13 bits per heavy atom. The van der Waals surface area contributed by atoms with E-state index in [4.69, 9.17) is 0 Å². The Bertz CT molecular complexity index is 736. The molecule has 0 unspecified atom stereocenters. The molecule has 1 aliphatic rings. The van der Waals surface area contributed by atoms with Crippen molar-refractivity contribution in [1.82, 2.24) is 20.4 Å². The Morgan fingerprint density at radius 1 is 1.39 bits per heavy atom. The van der Waals surface area contributed by atoms with E-state index in [-0.39, 0.29) is 5.92 Å². The molecule has 1 aromatic carbocycles. The minimum absolute atomic E-state index is 0.0360. The van der Waals surface area contributed by atoms with Crippen LogP contribution >= 0.6 is 0 Å². The third kappa shape index (κ3) is 3.29. The summed E-state index contributed by atoms with van der Waals surface area (Å²) in [6.45, 7) is -0.490. The van der Waals surface area contributed by atoms with E-state index in [1.54, 1.807) is 11.4 Å². The van der Waals surface area contributed by atoms with Crippen LogP contribution in [0.15, 0.2) is 18.2 Å². The topological polar surface area (TPSA) is 59.0 Å². The molecule has 1 aliphatic heterocycles. The van der Waals surface area contributed by atoms with Gasteiger partial charge in [-0.05, 0) is 12.1 Å². The molecular formula is C14H14F4N4O. The average molecular weight is 330 g/mol. The first-order valence-corrected chi connectivity index (χ1v) is 7.04. The number of nitrogens with zero attached hydrogens (tertiary/aromatic N) is 2. The average Bonchev–Trinajstić information content (AvgIpc) is 2.74. The Labute approximate surface area is 128 Å². The second-order valence-corrected chi connectivity index (χ2v) is 5.42. The monoisotopic (exact) mass is 330 g/mol. The Kier molecular flexibility index (Phi) is 3.97. The van der Waals surface area contributed by atoms with Crippen LogP contribution in [0.5, 0.6) is 0 Å². The smallest absolute Gasteiger partial charge is 0.345 e. The van der Waals surface area contributed by atoms with E-state index < -0.39 is 31.0 Å². The van der Waals surface area contributed by atoms with Crippen molar-refractivity contribution in [3.63, 3.8) is 0 Å². The van der Waals surface area contributed by atoms with Gasteiger partial charge in [-0.1, -0.05) is 6.07 Å². The molecule has 2 aromatic rings. The first-order valence-electron chi connectivity index (χ1n) is 7.04. The number of amides is 1. The van der Waals surface area contributed by atoms with E-state index in [0.29, 0.717) is 29.7 Å². The summed E-state index contributed by atoms with van der Waals surface area (Å²) in [5, 5.41) is 9.41. The molecule has 124 valence electrons. The van der Waals surface area contributed by atoms with Crippen LogP contribution in [-0.2, 0) is 11.3 Å². The molecule has 1 fully saturated rings. The van der Waals surface area contributed by atoms with Gasteiger partial charge in [0.15, 0.2) is 0 Å². The maximum absolute atomic E-state index is 14.1. The van der Waals surface area contributed by atoms with Crippen molar-refractivity contribution in [3.8, 4) is 0 Å². The number of fused-ring (bicyclic) bond motifs is 1. The molecule has 0 atom stereocenters. The Balaban J connectivity index is 1.86. The van der Waals surface area contributed by atoms with E-state index in [1.165, 1.54) is 16.8 Å². The van der Waals surface area contributed by atoms with Crippen molar-refractivity contribution in [2.45, 2.75) is 18.6 Å². The van der Waals surface area contributed by atoms with Crippen LogP contribution in [0.1, 0.15) is 11.6 Å². The third-order valence-corrected chi connectivity index (χ3v) is 3.70. The molecule has 0 aliphatic carbocycles. The highest BCUT2D eigenvalue weighted by Crippen LogP contribution is 2.29. The van der Waals surface area contributed by atoms with E-state index in [1.807, 2.05) is 0 Å². The lowest BCUT2D eigenvalue weighted by molar-refractivity contribution is -0.138. The normalized spacial score (nSPS) is 15.7. The summed E-state index contributed by atoms with van der Waals surface area (Å²) in [6.07, 6.45) is -4.48. The summed E-state index contributed by atoms with van der Waals surface area (Å²) in [5.74, 6) is -1.24. The molecule has 3 rings (SSSR count). The zero-order chi connectivity index (χ0) is 16.6. The highest BCUT2D eigenvalue weighted by molar-refractivity contribution is 5.85. The molecule has 0 saturated carbocycles. The van der Waals surface area contributed by atoms with Gasteiger partial charge in [0.1, 0.15) is 18.9 Å². The molecule has 23 heavy (non-hydrogen) atoms. The van der Waals surface area contributed by atoms with Crippen LogP contribution in [0.3, 0.4) is 0 Å². The summed E-state index contributed by atoms with van der Waals surface area (Å²) >= 11 is 0. The highest BCUT2D eigenvalue weighted by Gasteiger charge is 2.29. The van der Waals surface area contributed by atoms with Gasteiger partial charge in [-0.3, -0.25) is 9.48 Å². The SMILES string of the molecule is O=C(Cn1nc(C2CNC2)c2c(F)cccc21)NCC(F)(F)F. The molecule has 0 bridgehead atoms. The van der Waals surface area contributed by atoms with Gasteiger partial charge in [0.05, 0.1) is 16.6 Å². The predicted octanol–water partition coefficient (Wildman–Crippen LogP) is 1.54. The molecule has 0 radical (unpaired) electrons. The lowest BCUT2D eigenvalue weighted by Crippen LogP contribution is -2.40. The zero-order valence-corrected chi connectivity index (χ0v) is 12.0. The largest absolute Gasteiger partial charge is 0.405 e. The predicted molar refractivity (Wildman–Crippen MR) is 74.4 cm³/mol. The van der Waals surface area contributed by atoms with Crippen molar-refractivity contribution in [1.29, 1.82) is 0 Å². The number of carbonyl (C=O) groups is 1. The summed E-state index contributed by atoms with van der Waals surface area (Å²) < 4.78 is 51.7. The van der Waals surface area contributed by atoms with Crippen molar-refractivity contribution >= 4 is 16.8 Å². The molecule has 1 amide bonds. The number of carbonyl (C=O) groups excluding carboxylic acids is 1. The van der Waals surface area contributed by atoms with Gasteiger partial charge in [0.25, 0.3) is 0 Å². The minimum Gasteiger partial charge on any atom is -0.345 e. The van der Waals surface area contributed by atoms with E-state index in [2.05, 4.69) is 10.4 Å². The van der Waals surface area contributed by atoms with Crippen LogP contribution in [0, 0.1) is 5.82 Å². The van der Waals surface area contributed by atoms with Gasteiger partial charge in [-0.25, -0.2) is 4.39 Å². The number of hydrogen-bond acceptors (Lipinski definition) is 3. The van der Waals surface area contributed by atoms with E-state index >= 15 is 0 Å². The number of alkyl halides is 3. The quantitative estimate of drug-likeness (QED) is 0.836. The number of rotatable bonds is 4.